The Morgan fingerprint density at radius 3 is 2.88 bits per heavy atom. The van der Waals surface area contributed by atoms with Gasteiger partial charge in [0.25, 0.3) is 0 Å². The van der Waals surface area contributed by atoms with Crippen LogP contribution in [0.3, 0.4) is 0 Å². The summed E-state index contributed by atoms with van der Waals surface area (Å²) in [5, 5.41) is 4.35. The zero-order valence-corrected chi connectivity index (χ0v) is 15.0. The monoisotopic (exact) mass is 330 g/mol. The summed E-state index contributed by atoms with van der Waals surface area (Å²) in [5.41, 5.74) is 2.43. The Kier molecular flexibility index (Phi) is 4.47. The first kappa shape index (κ1) is 16.7. The van der Waals surface area contributed by atoms with Gasteiger partial charge in [-0.2, -0.15) is 5.10 Å². The minimum absolute atomic E-state index is 0.136. The third kappa shape index (κ3) is 3.52. The molecule has 0 aliphatic carbocycles. The smallest absolute Gasteiger partial charge is 0.410 e. The van der Waals surface area contributed by atoms with Crippen LogP contribution in [0.15, 0.2) is 18.3 Å². The summed E-state index contributed by atoms with van der Waals surface area (Å²) in [7, 11) is 0. The fourth-order valence-electron chi connectivity index (χ4n) is 3.24. The van der Waals surface area contributed by atoms with Crippen molar-refractivity contribution >= 4 is 11.7 Å². The van der Waals surface area contributed by atoms with Crippen molar-refractivity contribution in [3.8, 4) is 0 Å². The van der Waals surface area contributed by atoms with Crippen molar-refractivity contribution in [2.45, 2.75) is 65.0 Å². The van der Waals surface area contributed by atoms with Gasteiger partial charge in [0.2, 0.25) is 0 Å². The molecule has 6 heteroatoms. The SMILES string of the molecule is Cc1c(C[C@@H]2CCCCN2C(=O)OC(C)(C)C)nc2cccnn12. The molecule has 1 fully saturated rings. The van der Waals surface area contributed by atoms with Crippen molar-refractivity contribution in [1.29, 1.82) is 0 Å². The number of aromatic nitrogens is 3. The van der Waals surface area contributed by atoms with Crippen LogP contribution in [-0.4, -0.2) is 43.8 Å². The quantitative estimate of drug-likeness (QED) is 0.847. The predicted molar refractivity (Wildman–Crippen MR) is 92.0 cm³/mol. The number of rotatable bonds is 2. The number of nitrogens with zero attached hydrogens (tertiary/aromatic N) is 4. The van der Waals surface area contributed by atoms with Gasteiger partial charge in [0.05, 0.1) is 11.4 Å². The minimum atomic E-state index is -0.470. The molecule has 3 heterocycles. The van der Waals surface area contributed by atoms with E-state index in [1.807, 2.05) is 49.2 Å². The van der Waals surface area contributed by atoms with Crippen molar-refractivity contribution in [2.24, 2.45) is 0 Å². The number of fused-ring (bicyclic) bond motifs is 1. The number of carbonyl (C=O) groups excluding carboxylic acids is 1. The van der Waals surface area contributed by atoms with Crippen molar-refractivity contribution in [3.63, 3.8) is 0 Å². The molecule has 0 unspecified atom stereocenters. The predicted octanol–water partition coefficient (Wildman–Crippen LogP) is 3.37. The van der Waals surface area contributed by atoms with Crippen molar-refractivity contribution in [2.75, 3.05) is 6.54 Å². The van der Waals surface area contributed by atoms with E-state index in [-0.39, 0.29) is 12.1 Å². The summed E-state index contributed by atoms with van der Waals surface area (Å²) in [6.07, 6.45) is 5.44. The molecule has 130 valence electrons. The van der Waals surface area contributed by atoms with Crippen LogP contribution >= 0.6 is 0 Å². The number of amides is 1. The summed E-state index contributed by atoms with van der Waals surface area (Å²) in [6, 6.07) is 3.98. The lowest BCUT2D eigenvalue weighted by Gasteiger charge is -2.36. The lowest BCUT2D eigenvalue weighted by molar-refractivity contribution is 0.00984. The van der Waals surface area contributed by atoms with Crippen LogP contribution in [0, 0.1) is 6.92 Å². The van der Waals surface area contributed by atoms with Crippen LogP contribution in [0.25, 0.3) is 5.65 Å². The highest BCUT2D eigenvalue weighted by molar-refractivity contribution is 5.68. The Labute approximate surface area is 142 Å². The normalized spacial score (nSPS) is 18.8. The molecule has 1 atom stereocenters. The van der Waals surface area contributed by atoms with Gasteiger partial charge in [-0.05, 0) is 59.1 Å². The minimum Gasteiger partial charge on any atom is -0.444 e. The van der Waals surface area contributed by atoms with Gasteiger partial charge < -0.3 is 9.64 Å². The molecule has 6 nitrogen and oxygen atoms in total. The second-order valence-corrected chi connectivity index (χ2v) is 7.47. The van der Waals surface area contributed by atoms with Gasteiger partial charge in [-0.3, -0.25) is 0 Å². The number of imidazole rings is 1. The molecule has 1 saturated heterocycles. The summed E-state index contributed by atoms with van der Waals surface area (Å²) in [5.74, 6) is 0. The van der Waals surface area contributed by atoms with Crippen molar-refractivity contribution in [1.82, 2.24) is 19.5 Å². The van der Waals surface area contributed by atoms with E-state index in [1.165, 1.54) is 0 Å². The first-order chi connectivity index (χ1) is 11.3. The molecule has 1 aliphatic heterocycles. The van der Waals surface area contributed by atoms with Crippen molar-refractivity contribution < 1.29 is 9.53 Å². The van der Waals surface area contributed by atoms with Gasteiger partial charge in [0.15, 0.2) is 5.65 Å². The zero-order valence-electron chi connectivity index (χ0n) is 15.0. The molecule has 24 heavy (non-hydrogen) atoms. The maximum Gasteiger partial charge on any atom is 0.410 e. The Balaban J connectivity index is 1.80. The van der Waals surface area contributed by atoms with E-state index in [4.69, 9.17) is 9.72 Å². The molecule has 1 amide bonds. The molecule has 0 spiro atoms. The summed E-state index contributed by atoms with van der Waals surface area (Å²) >= 11 is 0. The fourth-order valence-corrected chi connectivity index (χ4v) is 3.24. The molecule has 2 aromatic rings. The second kappa shape index (κ2) is 6.42. The number of hydrogen-bond acceptors (Lipinski definition) is 4. The number of aryl methyl sites for hydroxylation is 1. The number of carbonyl (C=O) groups is 1. The van der Waals surface area contributed by atoms with E-state index in [0.29, 0.717) is 0 Å². The van der Waals surface area contributed by atoms with Gasteiger partial charge in [0.1, 0.15) is 5.60 Å². The van der Waals surface area contributed by atoms with Gasteiger partial charge in [-0.1, -0.05) is 0 Å². The molecule has 0 saturated carbocycles. The van der Waals surface area contributed by atoms with E-state index >= 15 is 0 Å². The molecule has 3 rings (SSSR count). The third-order valence-corrected chi connectivity index (χ3v) is 4.40. The van der Waals surface area contributed by atoms with Gasteiger partial charge in [-0.25, -0.2) is 14.3 Å². The first-order valence-corrected chi connectivity index (χ1v) is 8.64. The highest BCUT2D eigenvalue weighted by atomic mass is 16.6. The largest absolute Gasteiger partial charge is 0.444 e. The first-order valence-electron chi connectivity index (χ1n) is 8.64. The van der Waals surface area contributed by atoms with Crippen molar-refractivity contribution in [3.05, 3.63) is 29.7 Å². The molecule has 0 N–H and O–H groups in total. The van der Waals surface area contributed by atoms with E-state index in [1.54, 1.807) is 6.20 Å². The van der Waals surface area contributed by atoms with Crippen LogP contribution in [-0.2, 0) is 11.2 Å². The molecule has 0 radical (unpaired) electrons. The highest BCUT2D eigenvalue weighted by Crippen LogP contribution is 2.24. The maximum absolute atomic E-state index is 12.5. The Morgan fingerprint density at radius 1 is 1.38 bits per heavy atom. The number of likely N-dealkylation sites (tertiary alicyclic amines) is 1. The van der Waals surface area contributed by atoms with Gasteiger partial charge in [-0.15, -0.1) is 0 Å². The molecule has 0 bridgehead atoms. The lowest BCUT2D eigenvalue weighted by Crippen LogP contribution is -2.47. The van der Waals surface area contributed by atoms with E-state index in [2.05, 4.69) is 5.10 Å². The Bertz CT molecular complexity index is 732. The standard InChI is InChI=1S/C18H26N4O2/c1-13-15(20-16-9-7-10-19-22(13)16)12-14-8-5-6-11-21(14)17(23)24-18(2,3)4/h7,9-10,14H,5-6,8,11-12H2,1-4H3/t14-/m0/s1. The molecular weight excluding hydrogens is 304 g/mol. The topological polar surface area (TPSA) is 59.7 Å². The van der Waals surface area contributed by atoms with Crippen LogP contribution in [0.1, 0.15) is 51.4 Å². The summed E-state index contributed by atoms with van der Waals surface area (Å²) in [4.78, 5) is 19.1. The lowest BCUT2D eigenvalue weighted by atomic mass is 9.98. The Hall–Kier alpha value is -2.11. The zero-order chi connectivity index (χ0) is 17.3. The molecule has 2 aromatic heterocycles. The van der Waals surface area contributed by atoms with Gasteiger partial charge in [0, 0.05) is 25.2 Å². The summed E-state index contributed by atoms with van der Waals surface area (Å²) < 4.78 is 7.44. The van der Waals surface area contributed by atoms with E-state index < -0.39 is 5.60 Å². The Morgan fingerprint density at radius 2 is 2.17 bits per heavy atom. The highest BCUT2D eigenvalue weighted by Gasteiger charge is 2.31. The van der Waals surface area contributed by atoms with Crippen LogP contribution in [0.2, 0.25) is 0 Å². The molecule has 1 aliphatic rings. The van der Waals surface area contributed by atoms with E-state index in [0.717, 1.165) is 49.3 Å². The number of piperidine rings is 1. The van der Waals surface area contributed by atoms with Gasteiger partial charge >= 0.3 is 6.09 Å². The molecular formula is C18H26N4O2. The number of hydrogen-bond donors (Lipinski definition) is 0. The summed E-state index contributed by atoms with van der Waals surface area (Å²) in [6.45, 7) is 8.50. The van der Waals surface area contributed by atoms with E-state index in [9.17, 15) is 4.79 Å². The maximum atomic E-state index is 12.5. The third-order valence-electron chi connectivity index (χ3n) is 4.40. The van der Waals surface area contributed by atoms with Crippen LogP contribution in [0.5, 0.6) is 0 Å². The average Bonchev–Trinajstić information content (AvgIpc) is 2.83. The van der Waals surface area contributed by atoms with Crippen LogP contribution < -0.4 is 0 Å². The fraction of sp³-hybridized carbons (Fsp3) is 0.611. The number of ether oxygens (including phenoxy) is 1. The van der Waals surface area contributed by atoms with Crippen LogP contribution in [0.4, 0.5) is 4.79 Å². The second-order valence-electron chi connectivity index (χ2n) is 7.47. The average molecular weight is 330 g/mol. The molecule has 0 aromatic carbocycles.